The summed E-state index contributed by atoms with van der Waals surface area (Å²) in [6.07, 6.45) is 0. The molecule has 6 heteroatoms. The van der Waals surface area contributed by atoms with Gasteiger partial charge in [0.2, 0.25) is 0 Å². The van der Waals surface area contributed by atoms with Crippen LogP contribution >= 0.6 is 11.6 Å². The number of Topliss-reactive ketones (excluding diaryl/α,β-unsaturated/α-hetero) is 1. The van der Waals surface area contributed by atoms with E-state index in [1.165, 1.54) is 31.2 Å². The molecule has 0 fully saturated rings. The number of carbonyl (C=O) groups excluding carboxylic acids is 1. The highest BCUT2D eigenvalue weighted by Crippen LogP contribution is 2.26. The molecule has 1 N–H and O–H groups in total. The molecule has 0 amide bonds. The Morgan fingerprint density at radius 3 is 2.68 bits per heavy atom. The Kier molecular flexibility index (Phi) is 3.76. The van der Waals surface area contributed by atoms with E-state index in [2.05, 4.69) is 15.5 Å². The number of carbonyl (C=O) groups is 1. The van der Waals surface area contributed by atoms with Gasteiger partial charge in [-0.25, -0.2) is 4.39 Å². The van der Waals surface area contributed by atoms with E-state index in [0.29, 0.717) is 16.4 Å². The van der Waals surface area contributed by atoms with Gasteiger partial charge in [-0.3, -0.25) is 4.79 Å². The molecule has 0 radical (unpaired) electrons. The van der Waals surface area contributed by atoms with Crippen LogP contribution < -0.4 is 5.32 Å². The lowest BCUT2D eigenvalue weighted by Gasteiger charge is -2.08. The van der Waals surface area contributed by atoms with Crippen LogP contribution in [-0.2, 0) is 0 Å². The highest BCUT2D eigenvalue weighted by molar-refractivity contribution is 6.30. The number of hydrogen-bond donors (Lipinski definition) is 1. The maximum atomic E-state index is 13.7. The van der Waals surface area contributed by atoms with Gasteiger partial charge in [0.25, 0.3) is 0 Å². The number of benzene rings is 1. The third-order valence-corrected chi connectivity index (χ3v) is 2.85. The van der Waals surface area contributed by atoms with Gasteiger partial charge in [0.15, 0.2) is 11.6 Å². The largest absolute Gasteiger partial charge is 0.371 e. The monoisotopic (exact) mass is 279 g/mol. The third kappa shape index (κ3) is 2.71. The number of hydrogen-bond acceptors (Lipinski definition) is 4. The number of rotatable bonds is 3. The first-order valence-corrected chi connectivity index (χ1v) is 5.92. The van der Waals surface area contributed by atoms with Crippen molar-refractivity contribution in [2.45, 2.75) is 6.92 Å². The lowest BCUT2D eigenvalue weighted by Crippen LogP contribution is -2.05. The normalized spacial score (nSPS) is 10.3. The molecule has 0 aliphatic rings. The molecule has 0 spiro atoms. The first kappa shape index (κ1) is 13.4. The number of nitrogens with zero attached hydrogens (tertiary/aromatic N) is 2. The number of anilines is 1. The fraction of sp³-hybridized carbons (Fsp3) is 0.154. The Bertz CT molecular complexity index is 646. The van der Waals surface area contributed by atoms with Gasteiger partial charge in [0.1, 0.15) is 5.82 Å². The SMILES string of the molecule is CNc1nnc(-c2cc(Cl)ccc2F)cc1C(C)=O. The van der Waals surface area contributed by atoms with E-state index >= 15 is 0 Å². The molecule has 1 heterocycles. The van der Waals surface area contributed by atoms with Crippen molar-refractivity contribution in [1.29, 1.82) is 0 Å². The summed E-state index contributed by atoms with van der Waals surface area (Å²) >= 11 is 5.83. The minimum atomic E-state index is -0.467. The maximum absolute atomic E-state index is 13.7. The van der Waals surface area contributed by atoms with Crippen molar-refractivity contribution in [2.24, 2.45) is 0 Å². The fourth-order valence-electron chi connectivity index (χ4n) is 1.67. The standard InChI is InChI=1S/C13H11ClFN3O/c1-7(19)9-6-12(17-18-13(9)16-2)10-5-8(14)3-4-11(10)15/h3-6H,1-2H3,(H,16,18). The summed E-state index contributed by atoms with van der Waals surface area (Å²) in [5.41, 5.74) is 0.834. The minimum Gasteiger partial charge on any atom is -0.371 e. The van der Waals surface area contributed by atoms with Gasteiger partial charge in [-0.15, -0.1) is 10.2 Å². The molecular weight excluding hydrogens is 269 g/mol. The van der Waals surface area contributed by atoms with Crippen LogP contribution in [0.3, 0.4) is 0 Å². The second-order valence-electron chi connectivity index (χ2n) is 3.92. The lowest BCUT2D eigenvalue weighted by atomic mass is 10.1. The molecule has 0 atom stereocenters. The zero-order valence-corrected chi connectivity index (χ0v) is 11.1. The van der Waals surface area contributed by atoms with Gasteiger partial charge in [0.05, 0.1) is 11.3 Å². The van der Waals surface area contributed by atoms with E-state index in [-0.39, 0.29) is 17.0 Å². The number of ketones is 1. The van der Waals surface area contributed by atoms with E-state index < -0.39 is 5.82 Å². The quantitative estimate of drug-likeness (QED) is 0.877. The molecule has 19 heavy (non-hydrogen) atoms. The Balaban J connectivity index is 2.60. The van der Waals surface area contributed by atoms with Crippen molar-refractivity contribution in [3.05, 3.63) is 40.7 Å². The van der Waals surface area contributed by atoms with Crippen molar-refractivity contribution in [2.75, 3.05) is 12.4 Å². The maximum Gasteiger partial charge on any atom is 0.163 e. The van der Waals surface area contributed by atoms with E-state index in [9.17, 15) is 9.18 Å². The second kappa shape index (κ2) is 5.32. The summed E-state index contributed by atoms with van der Waals surface area (Å²) in [6, 6.07) is 5.64. The summed E-state index contributed by atoms with van der Waals surface area (Å²) < 4.78 is 13.7. The number of halogens is 2. The van der Waals surface area contributed by atoms with Crippen molar-refractivity contribution >= 4 is 23.2 Å². The van der Waals surface area contributed by atoms with Crippen molar-refractivity contribution in [3.63, 3.8) is 0 Å². The number of nitrogens with one attached hydrogen (secondary N) is 1. The topological polar surface area (TPSA) is 54.9 Å². The van der Waals surface area contributed by atoms with Crippen LogP contribution in [0.4, 0.5) is 10.2 Å². The van der Waals surface area contributed by atoms with Gasteiger partial charge >= 0.3 is 0 Å². The average Bonchev–Trinajstić information content (AvgIpc) is 2.40. The molecule has 98 valence electrons. The lowest BCUT2D eigenvalue weighted by molar-refractivity contribution is 0.101. The van der Waals surface area contributed by atoms with Crippen LogP contribution in [0, 0.1) is 5.82 Å². The average molecular weight is 280 g/mol. The third-order valence-electron chi connectivity index (χ3n) is 2.61. The molecule has 0 aliphatic carbocycles. The molecule has 0 aliphatic heterocycles. The predicted molar refractivity (Wildman–Crippen MR) is 72.0 cm³/mol. The zero-order chi connectivity index (χ0) is 14.0. The molecule has 2 aromatic rings. The van der Waals surface area contributed by atoms with Crippen LogP contribution in [0.2, 0.25) is 5.02 Å². The predicted octanol–water partition coefficient (Wildman–Crippen LogP) is 3.18. The van der Waals surface area contributed by atoms with Crippen molar-refractivity contribution < 1.29 is 9.18 Å². The van der Waals surface area contributed by atoms with Crippen LogP contribution in [0.25, 0.3) is 11.3 Å². The Morgan fingerprint density at radius 1 is 1.32 bits per heavy atom. The highest BCUT2D eigenvalue weighted by atomic mass is 35.5. The zero-order valence-electron chi connectivity index (χ0n) is 10.4. The molecule has 0 bridgehead atoms. The van der Waals surface area contributed by atoms with Gasteiger partial charge in [0, 0.05) is 17.6 Å². The van der Waals surface area contributed by atoms with Gasteiger partial charge in [-0.1, -0.05) is 11.6 Å². The van der Waals surface area contributed by atoms with Crippen LogP contribution in [0.15, 0.2) is 24.3 Å². The number of aromatic nitrogens is 2. The summed E-state index contributed by atoms with van der Waals surface area (Å²) in [5, 5.41) is 10.9. The Morgan fingerprint density at radius 2 is 2.05 bits per heavy atom. The smallest absolute Gasteiger partial charge is 0.163 e. The molecule has 0 unspecified atom stereocenters. The van der Waals surface area contributed by atoms with E-state index in [1.807, 2.05) is 0 Å². The fourth-order valence-corrected chi connectivity index (χ4v) is 1.84. The second-order valence-corrected chi connectivity index (χ2v) is 4.36. The van der Waals surface area contributed by atoms with Crippen molar-refractivity contribution in [3.8, 4) is 11.3 Å². The minimum absolute atomic E-state index is 0.178. The summed E-state index contributed by atoms with van der Waals surface area (Å²) in [6.45, 7) is 1.41. The first-order chi connectivity index (χ1) is 9.02. The summed E-state index contributed by atoms with van der Waals surface area (Å²) in [7, 11) is 1.64. The van der Waals surface area contributed by atoms with Gasteiger partial charge in [-0.2, -0.15) is 0 Å². The van der Waals surface area contributed by atoms with E-state index in [0.717, 1.165) is 0 Å². The molecule has 4 nitrogen and oxygen atoms in total. The summed E-state index contributed by atoms with van der Waals surface area (Å²) in [5.74, 6) is -0.285. The molecule has 0 saturated heterocycles. The summed E-state index contributed by atoms with van der Waals surface area (Å²) in [4.78, 5) is 11.5. The van der Waals surface area contributed by atoms with E-state index in [4.69, 9.17) is 11.6 Å². The van der Waals surface area contributed by atoms with Gasteiger partial charge < -0.3 is 5.32 Å². The first-order valence-electron chi connectivity index (χ1n) is 5.54. The van der Waals surface area contributed by atoms with Crippen LogP contribution in [-0.4, -0.2) is 23.0 Å². The highest BCUT2D eigenvalue weighted by Gasteiger charge is 2.14. The molecule has 0 saturated carbocycles. The molecule has 1 aromatic carbocycles. The van der Waals surface area contributed by atoms with Crippen molar-refractivity contribution in [1.82, 2.24) is 10.2 Å². The van der Waals surface area contributed by atoms with Crippen LogP contribution in [0.5, 0.6) is 0 Å². The molecular formula is C13H11ClFN3O. The van der Waals surface area contributed by atoms with Gasteiger partial charge in [-0.05, 0) is 31.2 Å². The molecule has 2 rings (SSSR count). The Labute approximate surface area is 114 Å². The Hall–Kier alpha value is -2.01. The molecule has 1 aromatic heterocycles. The van der Waals surface area contributed by atoms with E-state index in [1.54, 1.807) is 7.05 Å². The van der Waals surface area contributed by atoms with Crippen LogP contribution in [0.1, 0.15) is 17.3 Å².